The molecule has 3 rings (SSSR count). The lowest BCUT2D eigenvalue weighted by molar-refractivity contribution is 0.0689. The van der Waals surface area contributed by atoms with Crippen LogP contribution < -0.4 is 0 Å². The Balaban J connectivity index is 2.14. The maximum atomic E-state index is 11.2. The van der Waals surface area contributed by atoms with Gasteiger partial charge < -0.3 is 5.11 Å². The molecule has 1 N–H and O–H groups in total. The highest BCUT2D eigenvalue weighted by molar-refractivity contribution is 7.17. The van der Waals surface area contributed by atoms with Crippen molar-refractivity contribution in [3.05, 3.63) is 41.0 Å². The number of nitrogens with zero attached hydrogens (tertiary/aromatic N) is 3. The van der Waals surface area contributed by atoms with Gasteiger partial charge in [0.25, 0.3) is 0 Å². The molecular weight excluding hydrogens is 274 g/mol. The monoisotopic (exact) mass is 287 g/mol. The first-order valence-corrected chi connectivity index (χ1v) is 7.24. The van der Waals surface area contributed by atoms with E-state index in [2.05, 4.69) is 10.3 Å². The maximum absolute atomic E-state index is 11.2. The number of hydrogen-bond acceptors (Lipinski definition) is 4. The van der Waals surface area contributed by atoms with Crippen LogP contribution in [-0.2, 0) is 6.42 Å². The molecule has 0 aliphatic heterocycles. The van der Waals surface area contributed by atoms with Crippen molar-refractivity contribution in [3.63, 3.8) is 0 Å². The smallest absolute Gasteiger partial charge is 0.358 e. The fourth-order valence-corrected chi connectivity index (χ4v) is 2.99. The van der Waals surface area contributed by atoms with E-state index in [9.17, 15) is 9.90 Å². The molecule has 0 unspecified atom stereocenters. The molecule has 0 spiro atoms. The van der Waals surface area contributed by atoms with Gasteiger partial charge in [0.2, 0.25) is 0 Å². The highest BCUT2D eigenvalue weighted by atomic mass is 32.1. The van der Waals surface area contributed by atoms with Crippen molar-refractivity contribution in [3.8, 4) is 5.69 Å². The molecule has 0 radical (unpaired) electrons. The van der Waals surface area contributed by atoms with E-state index in [1.165, 1.54) is 4.70 Å². The van der Waals surface area contributed by atoms with Gasteiger partial charge >= 0.3 is 5.97 Å². The van der Waals surface area contributed by atoms with Crippen LogP contribution in [0.5, 0.6) is 0 Å². The van der Waals surface area contributed by atoms with Crippen molar-refractivity contribution in [1.82, 2.24) is 15.0 Å². The van der Waals surface area contributed by atoms with E-state index in [1.54, 1.807) is 16.0 Å². The molecule has 0 atom stereocenters. The minimum atomic E-state index is -1.03. The Morgan fingerprint density at radius 3 is 3.00 bits per heavy atom. The van der Waals surface area contributed by atoms with Crippen LogP contribution in [0.4, 0.5) is 0 Å². The van der Waals surface area contributed by atoms with Gasteiger partial charge in [-0.2, -0.15) is 0 Å². The van der Waals surface area contributed by atoms with Crippen molar-refractivity contribution in [2.45, 2.75) is 19.8 Å². The molecule has 2 aromatic heterocycles. The summed E-state index contributed by atoms with van der Waals surface area (Å²) in [5.41, 5.74) is 1.53. The third kappa shape index (κ3) is 2.08. The van der Waals surface area contributed by atoms with E-state index in [0.29, 0.717) is 12.1 Å². The fraction of sp³-hybridized carbons (Fsp3) is 0.214. The first kappa shape index (κ1) is 12.8. The normalized spacial score (nSPS) is 11.1. The van der Waals surface area contributed by atoms with Crippen molar-refractivity contribution in [2.24, 2.45) is 0 Å². The number of aromatic carboxylic acids is 1. The van der Waals surface area contributed by atoms with Gasteiger partial charge in [-0.15, -0.1) is 16.4 Å². The van der Waals surface area contributed by atoms with Crippen LogP contribution >= 0.6 is 11.3 Å². The molecule has 0 saturated heterocycles. The predicted octanol–water partition coefficient (Wildman–Crippen LogP) is 3.13. The summed E-state index contributed by atoms with van der Waals surface area (Å²) in [7, 11) is 0. The van der Waals surface area contributed by atoms with Crippen molar-refractivity contribution >= 4 is 27.4 Å². The van der Waals surface area contributed by atoms with Gasteiger partial charge in [0.05, 0.1) is 11.4 Å². The van der Waals surface area contributed by atoms with Gasteiger partial charge in [0.15, 0.2) is 5.69 Å². The van der Waals surface area contributed by atoms with Crippen LogP contribution in [0.2, 0.25) is 0 Å². The van der Waals surface area contributed by atoms with Gasteiger partial charge in [-0.25, -0.2) is 9.48 Å². The molecule has 2 heterocycles. The van der Waals surface area contributed by atoms with Crippen LogP contribution in [0.3, 0.4) is 0 Å². The fourth-order valence-electron chi connectivity index (χ4n) is 2.22. The molecule has 20 heavy (non-hydrogen) atoms. The Morgan fingerprint density at radius 1 is 1.40 bits per heavy atom. The lowest BCUT2D eigenvalue weighted by Crippen LogP contribution is -2.06. The van der Waals surface area contributed by atoms with Gasteiger partial charge in [-0.3, -0.25) is 0 Å². The molecule has 0 aliphatic carbocycles. The van der Waals surface area contributed by atoms with Crippen LogP contribution in [0.25, 0.3) is 15.8 Å². The number of thiophene rings is 1. The summed E-state index contributed by atoms with van der Waals surface area (Å²) in [6, 6.07) is 8.01. The van der Waals surface area contributed by atoms with Crippen molar-refractivity contribution in [2.75, 3.05) is 0 Å². The molecule has 0 amide bonds. The van der Waals surface area contributed by atoms with Gasteiger partial charge in [0.1, 0.15) is 0 Å². The predicted molar refractivity (Wildman–Crippen MR) is 77.7 cm³/mol. The molecule has 6 heteroatoms. The summed E-state index contributed by atoms with van der Waals surface area (Å²) in [4.78, 5) is 11.2. The van der Waals surface area contributed by atoms with E-state index in [1.807, 2.05) is 36.6 Å². The van der Waals surface area contributed by atoms with Gasteiger partial charge in [-0.1, -0.05) is 18.6 Å². The molecule has 102 valence electrons. The second kappa shape index (κ2) is 5.05. The summed E-state index contributed by atoms with van der Waals surface area (Å²) < 4.78 is 2.83. The summed E-state index contributed by atoms with van der Waals surface area (Å²) in [6.07, 6.45) is 1.48. The third-order valence-corrected chi connectivity index (χ3v) is 4.03. The first-order chi connectivity index (χ1) is 9.70. The van der Waals surface area contributed by atoms with Gasteiger partial charge in [-0.05, 0) is 41.5 Å². The quantitative estimate of drug-likeness (QED) is 0.800. The Morgan fingerprint density at radius 2 is 2.25 bits per heavy atom. The minimum Gasteiger partial charge on any atom is -0.476 e. The molecule has 0 fully saturated rings. The standard InChI is InChI=1S/C14H13N3O2S/c1-2-3-11-13(14(18)19)15-16-17(11)10-4-5-12-9(8-10)6-7-20-12/h4-8H,2-3H2,1H3,(H,18,19). The highest BCUT2D eigenvalue weighted by Crippen LogP contribution is 2.24. The maximum Gasteiger partial charge on any atom is 0.358 e. The summed E-state index contributed by atoms with van der Waals surface area (Å²) in [5, 5.41) is 20.1. The average Bonchev–Trinajstić information content (AvgIpc) is 3.04. The Kier molecular flexibility index (Phi) is 3.23. The number of carboxylic acids is 1. The molecule has 5 nitrogen and oxygen atoms in total. The minimum absolute atomic E-state index is 0.0391. The lowest BCUT2D eigenvalue weighted by atomic mass is 10.2. The number of hydrogen-bond donors (Lipinski definition) is 1. The van der Waals surface area contributed by atoms with Crippen LogP contribution in [0.15, 0.2) is 29.6 Å². The second-order valence-electron chi connectivity index (χ2n) is 4.49. The Labute approximate surface area is 119 Å². The highest BCUT2D eigenvalue weighted by Gasteiger charge is 2.19. The van der Waals surface area contributed by atoms with Crippen LogP contribution in [-0.4, -0.2) is 26.1 Å². The van der Waals surface area contributed by atoms with E-state index in [0.717, 1.165) is 17.5 Å². The Hall–Kier alpha value is -2.21. The number of fused-ring (bicyclic) bond motifs is 1. The molecular formula is C14H13N3O2S. The number of carboxylic acid groups (broad SMARTS) is 1. The van der Waals surface area contributed by atoms with E-state index >= 15 is 0 Å². The van der Waals surface area contributed by atoms with Crippen molar-refractivity contribution in [1.29, 1.82) is 0 Å². The summed E-state index contributed by atoms with van der Waals surface area (Å²) in [5.74, 6) is -1.03. The largest absolute Gasteiger partial charge is 0.476 e. The Bertz CT molecular complexity index is 776. The SMILES string of the molecule is CCCc1c(C(=O)O)nnn1-c1ccc2sccc2c1. The van der Waals surface area contributed by atoms with Crippen LogP contribution in [0.1, 0.15) is 29.5 Å². The molecule has 3 aromatic rings. The lowest BCUT2D eigenvalue weighted by Gasteiger charge is -2.06. The molecule has 1 aromatic carbocycles. The number of benzene rings is 1. The zero-order valence-corrected chi connectivity index (χ0v) is 11.7. The zero-order chi connectivity index (χ0) is 14.1. The summed E-state index contributed by atoms with van der Waals surface area (Å²) in [6.45, 7) is 2.01. The number of rotatable bonds is 4. The molecule has 0 bridgehead atoms. The number of carbonyl (C=O) groups is 1. The average molecular weight is 287 g/mol. The van der Waals surface area contributed by atoms with Crippen LogP contribution in [0, 0.1) is 0 Å². The molecule has 0 saturated carbocycles. The third-order valence-electron chi connectivity index (χ3n) is 3.13. The van der Waals surface area contributed by atoms with Gasteiger partial charge in [0, 0.05) is 4.70 Å². The molecule has 0 aliphatic rings. The summed E-state index contributed by atoms with van der Waals surface area (Å²) >= 11 is 1.68. The van der Waals surface area contributed by atoms with E-state index in [-0.39, 0.29) is 5.69 Å². The zero-order valence-electron chi connectivity index (χ0n) is 10.9. The first-order valence-electron chi connectivity index (χ1n) is 6.36. The van der Waals surface area contributed by atoms with E-state index < -0.39 is 5.97 Å². The van der Waals surface area contributed by atoms with Crippen molar-refractivity contribution < 1.29 is 9.90 Å². The second-order valence-corrected chi connectivity index (χ2v) is 5.44. The topological polar surface area (TPSA) is 68.0 Å². The van der Waals surface area contributed by atoms with E-state index in [4.69, 9.17) is 0 Å². The number of aromatic nitrogens is 3.